The molecule has 1 atom stereocenters. The van der Waals surface area contributed by atoms with E-state index in [1.165, 1.54) is 6.08 Å². The topological polar surface area (TPSA) is 67.4 Å². The predicted octanol–water partition coefficient (Wildman–Crippen LogP) is 4.12. The summed E-state index contributed by atoms with van der Waals surface area (Å²) in [5, 5.41) is 2.64. The van der Waals surface area contributed by atoms with E-state index in [1.807, 2.05) is 42.5 Å². The lowest BCUT2D eigenvalue weighted by atomic mass is 10.1. The molecule has 6 heteroatoms. The first-order valence-corrected chi connectivity index (χ1v) is 9.08. The van der Waals surface area contributed by atoms with Gasteiger partial charge in [0.25, 0.3) is 11.8 Å². The number of carbonyl (C=O) groups excluding carboxylic acids is 2. The van der Waals surface area contributed by atoms with Gasteiger partial charge in [-0.3, -0.25) is 20.4 Å². The van der Waals surface area contributed by atoms with E-state index in [1.54, 1.807) is 37.3 Å². The molecule has 0 aromatic heterocycles. The number of halogens is 1. The lowest BCUT2D eigenvalue weighted by Gasteiger charge is -2.15. The van der Waals surface area contributed by atoms with Gasteiger partial charge in [0, 0.05) is 11.1 Å². The number of amides is 2. The highest BCUT2D eigenvalue weighted by Crippen LogP contribution is 2.21. The Balaban J connectivity index is 1.52. The smallest absolute Gasteiger partial charge is 0.279 e. The fourth-order valence-corrected chi connectivity index (χ4v) is 2.74. The number of carbonyl (C=O) groups is 2. The molecule has 0 aliphatic rings. The molecule has 0 bridgehead atoms. The maximum Gasteiger partial charge on any atom is 0.279 e. The van der Waals surface area contributed by atoms with Gasteiger partial charge in [-0.25, -0.2) is 0 Å². The summed E-state index contributed by atoms with van der Waals surface area (Å²) in [7, 11) is 0. The number of hydrazine groups is 1. The maximum atomic E-state index is 12.1. The standard InChI is InChI=1S/C22H19ClN2O3/c1-15(28-19-12-10-16-6-2-3-8-18(16)14-19)22(27)25-24-21(26)13-11-17-7-4-5-9-20(17)23/h2-15H,1H3,(H,24,26)(H,25,27)/b13-11+. The van der Waals surface area contributed by atoms with E-state index in [9.17, 15) is 9.59 Å². The molecule has 3 aromatic rings. The lowest BCUT2D eigenvalue weighted by Crippen LogP contribution is -2.46. The molecule has 3 rings (SSSR count). The molecule has 5 nitrogen and oxygen atoms in total. The zero-order valence-corrected chi connectivity index (χ0v) is 15.9. The largest absolute Gasteiger partial charge is 0.481 e. The Bertz CT molecular complexity index is 1030. The van der Waals surface area contributed by atoms with Gasteiger partial charge in [-0.05, 0) is 47.5 Å². The van der Waals surface area contributed by atoms with E-state index < -0.39 is 17.9 Å². The van der Waals surface area contributed by atoms with E-state index in [4.69, 9.17) is 16.3 Å². The molecule has 1 unspecified atom stereocenters. The second kappa shape index (κ2) is 9.06. The molecule has 0 saturated heterocycles. The summed E-state index contributed by atoms with van der Waals surface area (Å²) in [6.45, 7) is 1.61. The summed E-state index contributed by atoms with van der Waals surface area (Å²) in [5.74, 6) is -0.370. The van der Waals surface area contributed by atoms with Gasteiger partial charge in [0.15, 0.2) is 6.10 Å². The zero-order valence-electron chi connectivity index (χ0n) is 15.2. The average molecular weight is 395 g/mol. The number of nitrogens with one attached hydrogen (secondary N) is 2. The fourth-order valence-electron chi connectivity index (χ4n) is 2.54. The number of hydrogen-bond donors (Lipinski definition) is 2. The predicted molar refractivity (Wildman–Crippen MR) is 111 cm³/mol. The van der Waals surface area contributed by atoms with Gasteiger partial charge in [-0.1, -0.05) is 60.1 Å². The summed E-state index contributed by atoms with van der Waals surface area (Å²) in [6.07, 6.45) is 2.07. The van der Waals surface area contributed by atoms with Crippen molar-refractivity contribution >= 4 is 40.3 Å². The number of rotatable bonds is 5. The first-order chi connectivity index (χ1) is 13.5. The van der Waals surface area contributed by atoms with Crippen molar-refractivity contribution in [1.82, 2.24) is 10.9 Å². The van der Waals surface area contributed by atoms with Crippen molar-refractivity contribution in [2.75, 3.05) is 0 Å². The quantitative estimate of drug-likeness (QED) is 0.505. The second-order valence-electron chi connectivity index (χ2n) is 6.10. The highest BCUT2D eigenvalue weighted by molar-refractivity contribution is 6.32. The van der Waals surface area contributed by atoms with Gasteiger partial charge in [-0.2, -0.15) is 0 Å². The third-order valence-electron chi connectivity index (χ3n) is 4.03. The van der Waals surface area contributed by atoms with Gasteiger partial charge in [-0.15, -0.1) is 0 Å². The van der Waals surface area contributed by atoms with Crippen LogP contribution in [-0.4, -0.2) is 17.9 Å². The number of fused-ring (bicyclic) bond motifs is 1. The Labute approximate surface area is 167 Å². The molecule has 0 radical (unpaired) electrons. The van der Waals surface area contributed by atoms with Gasteiger partial charge in [0.2, 0.25) is 0 Å². The van der Waals surface area contributed by atoms with E-state index in [0.717, 1.165) is 10.8 Å². The second-order valence-corrected chi connectivity index (χ2v) is 6.51. The van der Waals surface area contributed by atoms with Gasteiger partial charge in [0.1, 0.15) is 5.75 Å². The van der Waals surface area contributed by atoms with Gasteiger partial charge in [0.05, 0.1) is 0 Å². The van der Waals surface area contributed by atoms with Crippen LogP contribution in [0.25, 0.3) is 16.8 Å². The molecule has 2 N–H and O–H groups in total. The molecule has 0 saturated carbocycles. The molecular weight excluding hydrogens is 376 g/mol. The average Bonchev–Trinajstić information content (AvgIpc) is 2.71. The Morgan fingerprint density at radius 2 is 1.68 bits per heavy atom. The maximum absolute atomic E-state index is 12.1. The molecule has 3 aromatic carbocycles. The molecule has 0 fully saturated rings. The van der Waals surface area contributed by atoms with Crippen LogP contribution in [0.4, 0.5) is 0 Å². The summed E-state index contributed by atoms with van der Waals surface area (Å²) >= 11 is 6.02. The van der Waals surface area contributed by atoms with Crippen molar-refractivity contribution in [2.24, 2.45) is 0 Å². The third-order valence-corrected chi connectivity index (χ3v) is 4.38. The number of ether oxygens (including phenoxy) is 1. The summed E-state index contributed by atoms with van der Waals surface area (Å²) < 4.78 is 5.66. The summed E-state index contributed by atoms with van der Waals surface area (Å²) in [4.78, 5) is 24.0. The van der Waals surface area contributed by atoms with Crippen LogP contribution in [0.5, 0.6) is 5.75 Å². The van der Waals surface area contributed by atoms with Crippen molar-refractivity contribution in [3.05, 3.63) is 83.4 Å². The van der Waals surface area contributed by atoms with E-state index >= 15 is 0 Å². The zero-order chi connectivity index (χ0) is 19.9. The third kappa shape index (κ3) is 5.11. The SMILES string of the molecule is CC(Oc1ccc2ccccc2c1)C(=O)NNC(=O)/C=C/c1ccccc1Cl. The van der Waals surface area contributed by atoms with Crippen LogP contribution >= 0.6 is 11.6 Å². The van der Waals surface area contributed by atoms with E-state index in [0.29, 0.717) is 16.3 Å². The van der Waals surface area contributed by atoms with Gasteiger partial charge >= 0.3 is 0 Å². The lowest BCUT2D eigenvalue weighted by molar-refractivity contribution is -0.131. The van der Waals surface area contributed by atoms with Crippen molar-refractivity contribution < 1.29 is 14.3 Å². The molecule has 0 aliphatic carbocycles. The van der Waals surface area contributed by atoms with Crippen molar-refractivity contribution in [1.29, 1.82) is 0 Å². The molecule has 0 heterocycles. The Morgan fingerprint density at radius 3 is 2.46 bits per heavy atom. The fraction of sp³-hybridized carbons (Fsp3) is 0.0909. The van der Waals surface area contributed by atoms with Gasteiger partial charge < -0.3 is 4.74 Å². The first kappa shape index (κ1) is 19.5. The molecule has 2 amide bonds. The monoisotopic (exact) mass is 394 g/mol. The van der Waals surface area contributed by atoms with Crippen LogP contribution in [0.15, 0.2) is 72.8 Å². The van der Waals surface area contributed by atoms with Crippen LogP contribution in [0.1, 0.15) is 12.5 Å². The minimum absolute atomic E-state index is 0.465. The highest BCUT2D eigenvalue weighted by Gasteiger charge is 2.15. The Kier molecular flexibility index (Phi) is 6.29. The van der Waals surface area contributed by atoms with Crippen molar-refractivity contribution in [2.45, 2.75) is 13.0 Å². The molecule has 0 spiro atoms. The minimum atomic E-state index is -0.783. The van der Waals surface area contributed by atoms with Crippen LogP contribution in [-0.2, 0) is 9.59 Å². The van der Waals surface area contributed by atoms with E-state index in [-0.39, 0.29) is 0 Å². The number of benzene rings is 3. The number of hydrogen-bond acceptors (Lipinski definition) is 3. The van der Waals surface area contributed by atoms with Crippen molar-refractivity contribution in [3.8, 4) is 5.75 Å². The van der Waals surface area contributed by atoms with Crippen LogP contribution in [0.3, 0.4) is 0 Å². The van der Waals surface area contributed by atoms with Crippen LogP contribution in [0, 0.1) is 0 Å². The molecule has 142 valence electrons. The van der Waals surface area contributed by atoms with Crippen LogP contribution < -0.4 is 15.6 Å². The highest BCUT2D eigenvalue weighted by atomic mass is 35.5. The first-order valence-electron chi connectivity index (χ1n) is 8.71. The summed E-state index contributed by atoms with van der Waals surface area (Å²) in [5.41, 5.74) is 5.37. The summed E-state index contributed by atoms with van der Waals surface area (Å²) in [6, 6.07) is 20.6. The van der Waals surface area contributed by atoms with Crippen LogP contribution in [0.2, 0.25) is 5.02 Å². The normalized spacial score (nSPS) is 11.9. The molecule has 0 aliphatic heterocycles. The molecular formula is C22H19ClN2O3. The van der Waals surface area contributed by atoms with Crippen molar-refractivity contribution in [3.63, 3.8) is 0 Å². The molecule has 28 heavy (non-hydrogen) atoms. The Hall–Kier alpha value is -3.31. The Morgan fingerprint density at radius 1 is 0.964 bits per heavy atom. The van der Waals surface area contributed by atoms with E-state index in [2.05, 4.69) is 10.9 Å². The minimum Gasteiger partial charge on any atom is -0.481 e.